The number of β-amino-alcohol motifs (C(OH)–C–C–N with tert-alkyl or cyclic N) is 1. The molecule has 3 N–H and O–H groups in total. The van der Waals surface area contributed by atoms with Crippen molar-refractivity contribution in [3.63, 3.8) is 0 Å². The van der Waals surface area contributed by atoms with Crippen molar-refractivity contribution in [2.45, 2.75) is 95.5 Å². The summed E-state index contributed by atoms with van der Waals surface area (Å²) in [6, 6.07) is 0.290. The molecule has 0 radical (unpaired) electrons. The van der Waals surface area contributed by atoms with E-state index in [4.69, 9.17) is 9.72 Å². The van der Waals surface area contributed by atoms with Crippen LogP contribution in [0.25, 0.3) is 5.65 Å². The lowest BCUT2D eigenvalue weighted by atomic mass is 9.92. The first-order valence-electron chi connectivity index (χ1n) is 12.4. The van der Waals surface area contributed by atoms with E-state index in [0.717, 1.165) is 60.3 Å². The average molecular weight is 535 g/mol. The fraction of sp³-hybridized carbons (Fsp3) is 0.708. The summed E-state index contributed by atoms with van der Waals surface area (Å²) >= 11 is 3.64. The smallest absolute Gasteiger partial charge is 0.407 e. The van der Waals surface area contributed by atoms with E-state index in [2.05, 4.69) is 36.6 Å². The summed E-state index contributed by atoms with van der Waals surface area (Å²) in [5.74, 6) is 0.986. The third-order valence-electron chi connectivity index (χ3n) is 7.39. The van der Waals surface area contributed by atoms with Gasteiger partial charge >= 0.3 is 6.09 Å². The summed E-state index contributed by atoms with van der Waals surface area (Å²) in [6.07, 6.45) is 8.62. The number of anilines is 1. The van der Waals surface area contributed by atoms with Crippen LogP contribution in [0.15, 0.2) is 10.7 Å². The molecule has 2 saturated carbocycles. The molecule has 3 aliphatic rings. The van der Waals surface area contributed by atoms with Crippen LogP contribution >= 0.6 is 15.9 Å². The van der Waals surface area contributed by atoms with E-state index in [1.54, 1.807) is 6.20 Å². The van der Waals surface area contributed by atoms with Gasteiger partial charge in [-0.3, -0.25) is 4.90 Å². The van der Waals surface area contributed by atoms with Crippen LogP contribution in [0.4, 0.5) is 10.6 Å². The van der Waals surface area contributed by atoms with Gasteiger partial charge in [-0.2, -0.15) is 9.61 Å². The molecule has 0 aromatic carbocycles. The van der Waals surface area contributed by atoms with Crippen LogP contribution < -0.4 is 10.6 Å². The second kappa shape index (κ2) is 8.95. The number of carbonyl (C=O) groups excluding carboxylic acids is 1. The van der Waals surface area contributed by atoms with Crippen molar-refractivity contribution in [2.24, 2.45) is 0 Å². The second-order valence-electron chi connectivity index (χ2n) is 10.9. The van der Waals surface area contributed by atoms with Crippen molar-refractivity contribution < 1.29 is 14.6 Å². The van der Waals surface area contributed by atoms with Gasteiger partial charge in [-0.05, 0) is 68.8 Å². The van der Waals surface area contributed by atoms with Gasteiger partial charge in [0.25, 0.3) is 0 Å². The molecule has 186 valence electrons. The molecule has 2 aromatic rings. The minimum absolute atomic E-state index is 0.0779. The van der Waals surface area contributed by atoms with Crippen molar-refractivity contribution in [1.82, 2.24) is 24.8 Å². The van der Waals surface area contributed by atoms with Crippen molar-refractivity contribution in [3.05, 3.63) is 21.9 Å². The molecular formula is C24H35BrN6O3. The number of rotatable bonds is 5. The minimum Gasteiger partial charge on any atom is -0.444 e. The van der Waals surface area contributed by atoms with E-state index in [9.17, 15) is 9.90 Å². The lowest BCUT2D eigenvalue weighted by Gasteiger charge is -2.34. The summed E-state index contributed by atoms with van der Waals surface area (Å²) in [5.41, 5.74) is 2.53. The van der Waals surface area contributed by atoms with E-state index in [1.165, 1.54) is 18.4 Å². The fourth-order valence-electron chi connectivity index (χ4n) is 6.01. The summed E-state index contributed by atoms with van der Waals surface area (Å²) in [7, 11) is 0. The Morgan fingerprint density at radius 1 is 1.29 bits per heavy atom. The zero-order valence-corrected chi connectivity index (χ0v) is 21.8. The minimum atomic E-state index is -0.506. The van der Waals surface area contributed by atoms with Crippen molar-refractivity contribution in [3.8, 4) is 0 Å². The highest BCUT2D eigenvalue weighted by Crippen LogP contribution is 2.51. The summed E-state index contributed by atoms with van der Waals surface area (Å²) in [5, 5.41) is 21.2. The number of nitrogens with zero attached hydrogens (tertiary/aromatic N) is 4. The molecule has 34 heavy (non-hydrogen) atoms. The molecule has 3 heterocycles. The third kappa shape index (κ3) is 4.28. The van der Waals surface area contributed by atoms with Gasteiger partial charge in [0.15, 0.2) is 5.65 Å². The maximum Gasteiger partial charge on any atom is 0.407 e. The van der Waals surface area contributed by atoms with Gasteiger partial charge in [-0.15, -0.1) is 0 Å². The quantitative estimate of drug-likeness (QED) is 0.533. The van der Waals surface area contributed by atoms with Gasteiger partial charge in [0.05, 0.1) is 28.5 Å². The van der Waals surface area contributed by atoms with Crippen molar-refractivity contribution in [1.29, 1.82) is 0 Å². The Labute approximate surface area is 208 Å². The van der Waals surface area contributed by atoms with Crippen LogP contribution in [0, 0.1) is 0 Å². The monoisotopic (exact) mass is 534 g/mol. The molecule has 5 rings (SSSR count). The lowest BCUT2D eigenvalue weighted by Crippen LogP contribution is -2.40. The van der Waals surface area contributed by atoms with Crippen LogP contribution in [-0.2, 0) is 16.8 Å². The van der Waals surface area contributed by atoms with Crippen LogP contribution in [0.2, 0.25) is 0 Å². The number of alkyl carbamates (subject to hydrolysis) is 1. The zero-order chi connectivity index (χ0) is 24.1. The summed E-state index contributed by atoms with van der Waals surface area (Å²) in [4.78, 5) is 19.8. The summed E-state index contributed by atoms with van der Waals surface area (Å²) in [6.45, 7) is 7.16. The van der Waals surface area contributed by atoms with Gasteiger partial charge in [0.2, 0.25) is 0 Å². The Bertz CT molecular complexity index is 1070. The number of hydrogen-bond donors (Lipinski definition) is 3. The highest BCUT2D eigenvalue weighted by Gasteiger charge is 2.49. The SMILES string of the molecule is CC(C)(C)OC(=O)N[C@H]1CC[C@H](Nc2c3c(nc4c(Br)cnn24)C2(CCCC2)N(CCO)C3)C1. The number of nitrogens with one attached hydrogen (secondary N) is 2. The Balaban J connectivity index is 1.42. The van der Waals surface area contributed by atoms with Crippen LogP contribution in [0.1, 0.15) is 77.0 Å². The predicted molar refractivity (Wildman–Crippen MR) is 133 cm³/mol. The first kappa shape index (κ1) is 23.8. The Morgan fingerprint density at radius 3 is 2.74 bits per heavy atom. The van der Waals surface area contributed by atoms with Crippen LogP contribution in [-0.4, -0.2) is 61.5 Å². The number of aliphatic hydroxyl groups is 1. The molecule has 1 amide bonds. The highest BCUT2D eigenvalue weighted by atomic mass is 79.9. The Kier molecular flexibility index (Phi) is 6.27. The number of aromatic nitrogens is 3. The average Bonchev–Trinajstić information content (AvgIpc) is 3.52. The largest absolute Gasteiger partial charge is 0.444 e. The first-order chi connectivity index (χ1) is 16.2. The van der Waals surface area contributed by atoms with E-state index in [-0.39, 0.29) is 30.3 Å². The molecule has 9 nitrogen and oxygen atoms in total. The van der Waals surface area contributed by atoms with Gasteiger partial charge in [-0.25, -0.2) is 9.78 Å². The Morgan fingerprint density at radius 2 is 2.03 bits per heavy atom. The molecule has 0 bridgehead atoms. The maximum atomic E-state index is 12.2. The number of hydrogen-bond acceptors (Lipinski definition) is 7. The number of ether oxygens (including phenoxy) is 1. The summed E-state index contributed by atoms with van der Waals surface area (Å²) < 4.78 is 8.22. The molecule has 2 fully saturated rings. The van der Waals surface area contributed by atoms with Gasteiger partial charge in [0, 0.05) is 30.7 Å². The number of aliphatic hydroxyl groups excluding tert-OH is 1. The van der Waals surface area contributed by atoms with Crippen molar-refractivity contribution in [2.75, 3.05) is 18.5 Å². The molecule has 1 aliphatic heterocycles. The van der Waals surface area contributed by atoms with Crippen LogP contribution in [0.3, 0.4) is 0 Å². The number of amides is 1. The van der Waals surface area contributed by atoms with Gasteiger partial charge in [-0.1, -0.05) is 12.8 Å². The molecule has 2 aliphatic carbocycles. The van der Waals surface area contributed by atoms with Crippen molar-refractivity contribution >= 4 is 33.5 Å². The molecule has 1 spiro atoms. The van der Waals surface area contributed by atoms with E-state index in [0.29, 0.717) is 6.54 Å². The maximum absolute atomic E-state index is 12.2. The fourth-order valence-corrected chi connectivity index (χ4v) is 6.36. The lowest BCUT2D eigenvalue weighted by molar-refractivity contribution is 0.0505. The third-order valence-corrected chi connectivity index (χ3v) is 7.95. The topological polar surface area (TPSA) is 104 Å². The number of fused-ring (bicyclic) bond motifs is 3. The Hall–Kier alpha value is -1.91. The van der Waals surface area contributed by atoms with E-state index >= 15 is 0 Å². The molecular weight excluding hydrogens is 500 g/mol. The van der Waals surface area contributed by atoms with E-state index in [1.807, 2.05) is 25.3 Å². The molecule has 10 heteroatoms. The normalized spacial score (nSPS) is 24.1. The predicted octanol–water partition coefficient (Wildman–Crippen LogP) is 3.93. The first-order valence-corrected chi connectivity index (χ1v) is 13.2. The zero-order valence-electron chi connectivity index (χ0n) is 20.2. The second-order valence-corrected chi connectivity index (χ2v) is 11.8. The van der Waals surface area contributed by atoms with Gasteiger partial charge in [0.1, 0.15) is 11.4 Å². The van der Waals surface area contributed by atoms with E-state index < -0.39 is 5.60 Å². The van der Waals surface area contributed by atoms with Gasteiger partial charge < -0.3 is 20.5 Å². The molecule has 2 aromatic heterocycles. The molecule has 2 atom stereocenters. The number of halogens is 1. The molecule has 0 unspecified atom stereocenters. The standard InChI is InChI=1S/C24H35BrN6O3/c1-23(2,3)34-22(33)28-16-7-6-15(12-16)27-20-17-14-30(10-11-32)24(8-4-5-9-24)19(17)29-21-18(25)13-26-31(20)21/h13,15-16,27,32H,4-12,14H2,1-3H3,(H,28,33)/t15-,16-/m0/s1. The van der Waals surface area contributed by atoms with Crippen LogP contribution in [0.5, 0.6) is 0 Å². The molecule has 0 saturated heterocycles. The highest BCUT2D eigenvalue weighted by molar-refractivity contribution is 9.10. The number of carbonyl (C=O) groups is 1.